The molecule has 2 aliphatic heterocycles. The Bertz CT molecular complexity index is 355. The molecule has 2 amide bonds. The predicted octanol–water partition coefficient (Wildman–Crippen LogP) is 0.0778. The molecule has 2 heterocycles. The molecule has 4 heteroatoms. The average molecular weight is 206 g/mol. The van der Waals surface area contributed by atoms with Crippen LogP contribution in [0.1, 0.15) is 38.5 Å². The quantitative estimate of drug-likeness (QED) is 0.551. The van der Waals surface area contributed by atoms with E-state index >= 15 is 0 Å². The second kappa shape index (κ2) is 1.93. The minimum atomic E-state index is -0.701. The number of carbonyl (C=O) groups is 2. The molecule has 0 atom stereocenters. The van der Waals surface area contributed by atoms with Crippen LogP contribution in [0.3, 0.4) is 0 Å². The lowest BCUT2D eigenvalue weighted by Crippen LogP contribution is -2.38. The van der Waals surface area contributed by atoms with E-state index < -0.39 is 5.41 Å². The van der Waals surface area contributed by atoms with Gasteiger partial charge in [-0.1, -0.05) is 0 Å². The maximum Gasteiger partial charge on any atom is 0.236 e. The Balaban J connectivity index is 1.75. The Morgan fingerprint density at radius 1 is 0.800 bits per heavy atom. The topological polar surface area (TPSA) is 58.2 Å². The third-order valence-electron chi connectivity index (χ3n) is 4.61. The summed E-state index contributed by atoms with van der Waals surface area (Å²) in [4.78, 5) is 24.0. The van der Waals surface area contributed by atoms with Crippen LogP contribution in [-0.2, 0) is 9.59 Å². The summed E-state index contributed by atoms with van der Waals surface area (Å²) in [5, 5.41) is 6.07. The molecule has 4 nitrogen and oxygen atoms in total. The van der Waals surface area contributed by atoms with Crippen LogP contribution in [0.5, 0.6) is 0 Å². The largest absolute Gasteiger partial charge is 0.350 e. The highest BCUT2D eigenvalue weighted by molar-refractivity contribution is 6.09. The molecule has 0 aromatic rings. The first-order valence-corrected chi connectivity index (χ1v) is 5.74. The van der Waals surface area contributed by atoms with Gasteiger partial charge in [-0.25, -0.2) is 0 Å². The Labute approximate surface area is 87.8 Å². The SMILES string of the molecule is O=C1NC2(CC2)CC12CC1(CC1)NC2=O. The number of rotatable bonds is 0. The molecule has 4 aliphatic rings. The van der Waals surface area contributed by atoms with Gasteiger partial charge in [0.2, 0.25) is 11.8 Å². The van der Waals surface area contributed by atoms with Gasteiger partial charge in [0, 0.05) is 11.1 Å². The highest BCUT2D eigenvalue weighted by atomic mass is 16.2. The summed E-state index contributed by atoms with van der Waals surface area (Å²) in [7, 11) is 0. The van der Waals surface area contributed by atoms with Crippen molar-refractivity contribution in [3.63, 3.8) is 0 Å². The van der Waals surface area contributed by atoms with Crippen molar-refractivity contribution in [3.05, 3.63) is 0 Å². The second-order valence-corrected chi connectivity index (χ2v) is 5.90. The molecule has 80 valence electrons. The van der Waals surface area contributed by atoms with Gasteiger partial charge in [0.1, 0.15) is 5.41 Å². The van der Waals surface area contributed by atoms with Crippen LogP contribution in [0, 0.1) is 5.41 Å². The first-order valence-electron chi connectivity index (χ1n) is 5.74. The third kappa shape index (κ3) is 0.840. The molecule has 0 aromatic heterocycles. The third-order valence-corrected chi connectivity index (χ3v) is 4.61. The normalized spacial score (nSPS) is 36.0. The summed E-state index contributed by atoms with van der Waals surface area (Å²) in [5.41, 5.74) is -0.684. The van der Waals surface area contributed by atoms with Crippen LogP contribution in [0.25, 0.3) is 0 Å². The van der Waals surface area contributed by atoms with E-state index in [0.29, 0.717) is 0 Å². The smallest absolute Gasteiger partial charge is 0.236 e. The Hall–Kier alpha value is -1.06. The Morgan fingerprint density at radius 3 is 1.47 bits per heavy atom. The van der Waals surface area contributed by atoms with Gasteiger partial charge >= 0.3 is 0 Å². The number of nitrogens with one attached hydrogen (secondary N) is 2. The van der Waals surface area contributed by atoms with Crippen molar-refractivity contribution >= 4 is 11.8 Å². The van der Waals surface area contributed by atoms with Crippen LogP contribution in [0.4, 0.5) is 0 Å². The number of amides is 2. The zero-order valence-corrected chi connectivity index (χ0v) is 8.56. The van der Waals surface area contributed by atoms with Gasteiger partial charge in [0.25, 0.3) is 0 Å². The molecule has 4 rings (SSSR count). The molecule has 15 heavy (non-hydrogen) atoms. The molecular formula is C11H14N2O2. The second-order valence-electron chi connectivity index (χ2n) is 5.90. The van der Waals surface area contributed by atoms with Gasteiger partial charge < -0.3 is 10.6 Å². The van der Waals surface area contributed by atoms with Gasteiger partial charge in [0.05, 0.1) is 0 Å². The average Bonchev–Trinajstić information content (AvgIpc) is 3.01. The summed E-state index contributed by atoms with van der Waals surface area (Å²) < 4.78 is 0. The summed E-state index contributed by atoms with van der Waals surface area (Å²) >= 11 is 0. The van der Waals surface area contributed by atoms with Gasteiger partial charge in [-0.3, -0.25) is 9.59 Å². The predicted molar refractivity (Wildman–Crippen MR) is 51.9 cm³/mol. The minimum Gasteiger partial charge on any atom is -0.350 e. The molecule has 4 fully saturated rings. The van der Waals surface area contributed by atoms with E-state index in [1.54, 1.807) is 0 Å². The van der Waals surface area contributed by atoms with Gasteiger partial charge in [-0.15, -0.1) is 0 Å². The van der Waals surface area contributed by atoms with E-state index in [9.17, 15) is 9.59 Å². The van der Waals surface area contributed by atoms with E-state index in [1.807, 2.05) is 0 Å². The van der Waals surface area contributed by atoms with Crippen molar-refractivity contribution in [2.75, 3.05) is 0 Å². The number of hydrogen-bond acceptors (Lipinski definition) is 2. The van der Waals surface area contributed by atoms with E-state index in [1.165, 1.54) is 0 Å². The van der Waals surface area contributed by atoms with E-state index in [-0.39, 0.29) is 22.9 Å². The van der Waals surface area contributed by atoms with Crippen LogP contribution < -0.4 is 10.6 Å². The van der Waals surface area contributed by atoms with Gasteiger partial charge in [-0.2, -0.15) is 0 Å². The minimum absolute atomic E-state index is 0.00877. The Morgan fingerprint density at radius 2 is 1.20 bits per heavy atom. The lowest BCUT2D eigenvalue weighted by Gasteiger charge is -2.15. The highest BCUT2D eigenvalue weighted by Crippen LogP contribution is 2.59. The van der Waals surface area contributed by atoms with Crippen LogP contribution in [0.15, 0.2) is 0 Å². The summed E-state index contributed by atoms with van der Waals surface area (Å²) in [6, 6.07) is 0. The fourth-order valence-electron chi connectivity index (χ4n) is 3.36. The fourth-order valence-corrected chi connectivity index (χ4v) is 3.36. The number of hydrogen-bond donors (Lipinski definition) is 2. The molecule has 2 aliphatic carbocycles. The summed E-state index contributed by atoms with van der Waals surface area (Å²) in [6.45, 7) is 0. The Kier molecular flexibility index (Phi) is 1.04. The van der Waals surface area contributed by atoms with Crippen molar-refractivity contribution in [1.82, 2.24) is 10.6 Å². The maximum absolute atomic E-state index is 12.0. The van der Waals surface area contributed by atoms with Crippen molar-refractivity contribution in [2.45, 2.75) is 49.6 Å². The van der Waals surface area contributed by atoms with Crippen LogP contribution in [0.2, 0.25) is 0 Å². The molecule has 0 aromatic carbocycles. The molecule has 2 N–H and O–H groups in total. The molecule has 2 saturated carbocycles. The molecule has 2 saturated heterocycles. The van der Waals surface area contributed by atoms with E-state index in [2.05, 4.69) is 10.6 Å². The van der Waals surface area contributed by atoms with Crippen molar-refractivity contribution in [2.24, 2.45) is 5.41 Å². The van der Waals surface area contributed by atoms with Crippen molar-refractivity contribution in [3.8, 4) is 0 Å². The summed E-state index contributed by atoms with van der Waals surface area (Å²) in [6.07, 6.45) is 5.71. The summed E-state index contributed by atoms with van der Waals surface area (Å²) in [5.74, 6) is -0.0254. The van der Waals surface area contributed by atoms with Gasteiger partial charge in [0.15, 0.2) is 0 Å². The van der Waals surface area contributed by atoms with Gasteiger partial charge in [-0.05, 0) is 38.5 Å². The standard InChI is InChI=1S/C11H14N2O2/c14-7-11(5-9(12-7)1-2-9)6-10(3-4-10)13-8(11)15/h1-6H2,(H,12,14)(H,13,15). The zero-order valence-electron chi connectivity index (χ0n) is 8.56. The molecule has 0 bridgehead atoms. The lowest BCUT2D eigenvalue weighted by atomic mass is 9.80. The maximum atomic E-state index is 12.0. The first kappa shape index (κ1) is 8.13. The van der Waals surface area contributed by atoms with Crippen LogP contribution >= 0.6 is 0 Å². The van der Waals surface area contributed by atoms with Crippen molar-refractivity contribution < 1.29 is 9.59 Å². The fraction of sp³-hybridized carbons (Fsp3) is 0.818. The molecule has 0 unspecified atom stereocenters. The van der Waals surface area contributed by atoms with E-state index in [0.717, 1.165) is 38.5 Å². The van der Waals surface area contributed by atoms with Crippen LogP contribution in [-0.4, -0.2) is 22.9 Å². The number of carbonyl (C=O) groups excluding carboxylic acids is 2. The highest BCUT2D eigenvalue weighted by Gasteiger charge is 2.70. The molecule has 0 radical (unpaired) electrons. The zero-order chi connectivity index (χ0) is 10.3. The monoisotopic (exact) mass is 206 g/mol. The lowest BCUT2D eigenvalue weighted by molar-refractivity contribution is -0.137. The molecule has 3 spiro atoms. The first-order chi connectivity index (χ1) is 7.08. The molecular weight excluding hydrogens is 192 g/mol. The van der Waals surface area contributed by atoms with Crippen molar-refractivity contribution in [1.29, 1.82) is 0 Å². The van der Waals surface area contributed by atoms with E-state index in [4.69, 9.17) is 0 Å².